The van der Waals surface area contributed by atoms with Gasteiger partial charge in [-0.25, -0.2) is 0 Å². The van der Waals surface area contributed by atoms with E-state index in [1.54, 1.807) is 0 Å². The van der Waals surface area contributed by atoms with Crippen molar-refractivity contribution in [3.63, 3.8) is 0 Å². The van der Waals surface area contributed by atoms with Crippen LogP contribution in [-0.4, -0.2) is 14.1 Å². The second-order valence-electron chi connectivity index (χ2n) is 5.33. The van der Waals surface area contributed by atoms with Crippen molar-refractivity contribution in [2.24, 2.45) is 0 Å². The van der Waals surface area contributed by atoms with Gasteiger partial charge in [-0.2, -0.15) is 0 Å². The fraction of sp³-hybridized carbons (Fsp3) is 0.250. The van der Waals surface area contributed by atoms with Crippen LogP contribution in [0.3, 0.4) is 0 Å². The first-order chi connectivity index (χ1) is 8.60. The van der Waals surface area contributed by atoms with Crippen LogP contribution >= 0.6 is 0 Å². The van der Waals surface area contributed by atoms with E-state index in [0.29, 0.717) is 0 Å². The van der Waals surface area contributed by atoms with Gasteiger partial charge in [-0.3, -0.25) is 4.48 Å². The van der Waals surface area contributed by atoms with Crippen molar-refractivity contribution in [1.29, 1.82) is 0 Å². The zero-order chi connectivity index (χ0) is 12.8. The molecule has 2 aromatic rings. The third-order valence-corrected chi connectivity index (χ3v) is 3.77. The molecule has 0 aromatic heterocycles. The molecule has 0 fully saturated rings. The zero-order valence-electron chi connectivity index (χ0n) is 11.1. The second-order valence-corrected chi connectivity index (χ2v) is 5.33. The van der Waals surface area contributed by atoms with Gasteiger partial charge < -0.3 is 4.74 Å². The predicted octanol–water partition coefficient (Wildman–Crippen LogP) is 3.65. The first kappa shape index (κ1) is 11.3. The van der Waals surface area contributed by atoms with Gasteiger partial charge >= 0.3 is 0 Å². The summed E-state index contributed by atoms with van der Waals surface area (Å²) in [6.45, 7) is 2.14. The van der Waals surface area contributed by atoms with Crippen LogP contribution in [0.5, 0.6) is 5.75 Å². The lowest BCUT2D eigenvalue weighted by Gasteiger charge is -2.30. The van der Waals surface area contributed by atoms with Gasteiger partial charge in [-0.15, -0.1) is 0 Å². The van der Waals surface area contributed by atoms with E-state index in [9.17, 15) is 0 Å². The monoisotopic (exact) mass is 240 g/mol. The quantitative estimate of drug-likeness (QED) is 0.691. The number of benzene rings is 2. The Hall–Kier alpha value is -1.80. The minimum Gasteiger partial charge on any atom is -0.432 e. The molecule has 0 amide bonds. The second kappa shape index (κ2) is 3.85. The number of nitrogens with zero attached hydrogens (tertiary/aromatic N) is 1. The van der Waals surface area contributed by atoms with Gasteiger partial charge in [0.25, 0.3) is 6.23 Å². The predicted molar refractivity (Wildman–Crippen MR) is 74.6 cm³/mol. The van der Waals surface area contributed by atoms with Crippen molar-refractivity contribution in [2.45, 2.75) is 13.2 Å². The number of aryl methyl sites for hydroxylation is 1. The molecule has 0 spiro atoms. The molecule has 92 valence electrons. The Morgan fingerprint density at radius 1 is 0.944 bits per heavy atom. The highest BCUT2D eigenvalue weighted by atomic mass is 16.5. The normalized spacial score (nSPS) is 20.3. The van der Waals surface area contributed by atoms with Crippen LogP contribution in [0.25, 0.3) is 0 Å². The lowest BCUT2D eigenvalue weighted by atomic mass is 10.1. The molecule has 0 N–H and O–H groups in total. The van der Waals surface area contributed by atoms with Gasteiger partial charge in [-0.1, -0.05) is 30.3 Å². The number of fused-ring (bicyclic) bond motifs is 1. The molecule has 2 aromatic carbocycles. The maximum atomic E-state index is 6.16. The summed E-state index contributed by atoms with van der Waals surface area (Å²) in [5.41, 5.74) is 3.78. The number of para-hydroxylation sites is 2. The van der Waals surface area contributed by atoms with Crippen LogP contribution in [0.2, 0.25) is 0 Å². The van der Waals surface area contributed by atoms with Gasteiger partial charge in [-0.05, 0) is 24.6 Å². The third kappa shape index (κ3) is 1.53. The molecule has 0 saturated heterocycles. The molecule has 1 heterocycles. The van der Waals surface area contributed by atoms with Crippen molar-refractivity contribution >= 4 is 5.69 Å². The minimum atomic E-state index is 0.0450. The smallest absolute Gasteiger partial charge is 0.265 e. The molecule has 1 aliphatic rings. The zero-order valence-corrected chi connectivity index (χ0v) is 11.1. The summed E-state index contributed by atoms with van der Waals surface area (Å²) < 4.78 is 6.90. The lowest BCUT2D eigenvalue weighted by Crippen LogP contribution is -2.42. The molecule has 18 heavy (non-hydrogen) atoms. The largest absolute Gasteiger partial charge is 0.432 e. The number of hydrogen-bond acceptors (Lipinski definition) is 1. The molecule has 3 rings (SSSR count). The highest BCUT2D eigenvalue weighted by Crippen LogP contribution is 2.46. The number of rotatable bonds is 1. The van der Waals surface area contributed by atoms with E-state index < -0.39 is 0 Å². The summed E-state index contributed by atoms with van der Waals surface area (Å²) in [7, 11) is 4.39. The van der Waals surface area contributed by atoms with E-state index in [2.05, 4.69) is 57.4 Å². The molecule has 0 saturated carbocycles. The van der Waals surface area contributed by atoms with E-state index in [4.69, 9.17) is 4.74 Å². The summed E-state index contributed by atoms with van der Waals surface area (Å²) in [4.78, 5) is 0. The molecule has 1 aliphatic heterocycles. The summed E-state index contributed by atoms with van der Waals surface area (Å²) in [6, 6.07) is 16.7. The van der Waals surface area contributed by atoms with Gasteiger partial charge in [0.05, 0.1) is 19.7 Å². The lowest BCUT2D eigenvalue weighted by molar-refractivity contribution is 0.106. The average molecular weight is 240 g/mol. The summed E-state index contributed by atoms with van der Waals surface area (Å²) in [5, 5.41) is 0. The third-order valence-electron chi connectivity index (χ3n) is 3.77. The highest BCUT2D eigenvalue weighted by Gasteiger charge is 2.43. The minimum absolute atomic E-state index is 0.0450. The molecule has 1 atom stereocenters. The van der Waals surface area contributed by atoms with E-state index in [1.807, 2.05) is 12.1 Å². The van der Waals surface area contributed by atoms with Gasteiger partial charge in [0.2, 0.25) is 0 Å². The van der Waals surface area contributed by atoms with Crippen molar-refractivity contribution in [3.8, 4) is 5.75 Å². The van der Waals surface area contributed by atoms with E-state index in [1.165, 1.54) is 16.8 Å². The van der Waals surface area contributed by atoms with E-state index in [0.717, 1.165) is 10.2 Å². The Bertz CT molecular complexity index is 589. The fourth-order valence-electron chi connectivity index (χ4n) is 2.69. The average Bonchev–Trinajstić information content (AvgIpc) is 2.63. The standard InChI is InChI=1S/C16H18NO/c1-12-8-4-5-9-13(12)16-17(2,3)14-10-6-7-11-15(14)18-16/h4-11,16H,1-3H3/q+1. The number of hydrogen-bond donors (Lipinski definition) is 0. The molecule has 0 radical (unpaired) electrons. The highest BCUT2D eigenvalue weighted by molar-refractivity contribution is 5.59. The number of quaternary nitrogens is 1. The van der Waals surface area contributed by atoms with Crippen molar-refractivity contribution < 1.29 is 4.74 Å². The van der Waals surface area contributed by atoms with Crippen molar-refractivity contribution in [2.75, 3.05) is 14.1 Å². The summed E-state index contributed by atoms with van der Waals surface area (Å²) >= 11 is 0. The fourth-order valence-corrected chi connectivity index (χ4v) is 2.69. The van der Waals surface area contributed by atoms with Gasteiger partial charge in [0.1, 0.15) is 0 Å². The first-order valence-electron chi connectivity index (χ1n) is 6.26. The maximum Gasteiger partial charge on any atom is 0.265 e. The van der Waals surface area contributed by atoms with Crippen molar-refractivity contribution in [3.05, 3.63) is 59.7 Å². The molecule has 1 unspecified atom stereocenters. The van der Waals surface area contributed by atoms with Gasteiger partial charge in [0, 0.05) is 6.07 Å². The van der Waals surface area contributed by atoms with Crippen molar-refractivity contribution in [1.82, 2.24) is 4.48 Å². The van der Waals surface area contributed by atoms with Crippen LogP contribution in [0.1, 0.15) is 17.4 Å². The Kier molecular flexibility index (Phi) is 2.42. The van der Waals surface area contributed by atoms with Gasteiger partial charge in [0.15, 0.2) is 11.4 Å². The van der Waals surface area contributed by atoms with E-state index in [-0.39, 0.29) is 6.23 Å². The molecule has 2 heteroatoms. The van der Waals surface area contributed by atoms with Crippen LogP contribution in [-0.2, 0) is 0 Å². The maximum absolute atomic E-state index is 6.16. The number of ether oxygens (including phenoxy) is 1. The Balaban J connectivity index is 2.11. The summed E-state index contributed by atoms with van der Waals surface area (Å²) in [6.07, 6.45) is 0.0450. The molecular weight excluding hydrogens is 222 g/mol. The molecule has 2 nitrogen and oxygen atoms in total. The molecule has 0 aliphatic carbocycles. The topological polar surface area (TPSA) is 9.23 Å². The molecular formula is C16H18NO+. The Labute approximate surface area is 108 Å². The summed E-state index contributed by atoms with van der Waals surface area (Å²) in [5.74, 6) is 0.996. The van der Waals surface area contributed by atoms with Crippen LogP contribution in [0, 0.1) is 6.92 Å². The van der Waals surface area contributed by atoms with Crippen LogP contribution in [0.4, 0.5) is 5.69 Å². The van der Waals surface area contributed by atoms with Crippen LogP contribution in [0.15, 0.2) is 48.5 Å². The molecule has 0 bridgehead atoms. The SMILES string of the molecule is Cc1ccccc1C1Oc2ccccc2[N+]1(C)C. The Morgan fingerprint density at radius 2 is 1.61 bits per heavy atom. The Morgan fingerprint density at radius 3 is 2.33 bits per heavy atom. The first-order valence-corrected chi connectivity index (χ1v) is 6.26. The van der Waals surface area contributed by atoms with E-state index >= 15 is 0 Å². The van der Waals surface area contributed by atoms with Crippen LogP contribution < -0.4 is 9.22 Å².